The predicted octanol–water partition coefficient (Wildman–Crippen LogP) is -1.49. The van der Waals surface area contributed by atoms with Gasteiger partial charge in [-0.3, -0.25) is 0 Å². The van der Waals surface area contributed by atoms with Gasteiger partial charge in [0.2, 0.25) is 0 Å². The molecule has 1 aliphatic rings. The molecule has 2 heterocycles. The van der Waals surface area contributed by atoms with Gasteiger partial charge in [-0.25, -0.2) is 8.42 Å². The summed E-state index contributed by atoms with van der Waals surface area (Å²) < 4.78 is 22.6. The molecule has 0 bridgehead atoms. The Morgan fingerprint density at radius 3 is 2.88 bits per heavy atom. The minimum atomic E-state index is -2.87. The lowest BCUT2D eigenvalue weighted by molar-refractivity contribution is 0.453. The SMILES string of the molecule is Cn1nnc(CC(N)C2CCS(=O)(=O)C2)n1. The summed E-state index contributed by atoms with van der Waals surface area (Å²) >= 11 is 0. The minimum Gasteiger partial charge on any atom is -0.327 e. The van der Waals surface area contributed by atoms with E-state index in [1.165, 1.54) is 4.80 Å². The standard InChI is InChI=1S/C8H15N5O2S/c1-13-11-8(10-12-13)4-7(9)6-2-3-16(14,15)5-6/h6-7H,2-5,9H2,1H3. The highest BCUT2D eigenvalue weighted by molar-refractivity contribution is 7.91. The van der Waals surface area contributed by atoms with Gasteiger partial charge < -0.3 is 5.73 Å². The maximum absolute atomic E-state index is 11.3. The number of tetrazole rings is 1. The molecule has 1 fully saturated rings. The zero-order valence-electron chi connectivity index (χ0n) is 9.07. The second-order valence-corrected chi connectivity index (χ2v) is 6.45. The van der Waals surface area contributed by atoms with Crippen LogP contribution in [0.25, 0.3) is 0 Å². The topological polar surface area (TPSA) is 104 Å². The van der Waals surface area contributed by atoms with Crippen LogP contribution in [0.5, 0.6) is 0 Å². The van der Waals surface area contributed by atoms with Crippen molar-refractivity contribution in [2.24, 2.45) is 18.7 Å². The number of nitrogens with zero attached hydrogens (tertiary/aromatic N) is 4. The molecule has 16 heavy (non-hydrogen) atoms. The van der Waals surface area contributed by atoms with Crippen molar-refractivity contribution in [2.75, 3.05) is 11.5 Å². The average molecular weight is 245 g/mol. The number of aromatic nitrogens is 4. The Balaban J connectivity index is 1.96. The minimum absolute atomic E-state index is 0.0220. The van der Waals surface area contributed by atoms with Crippen LogP contribution in [-0.2, 0) is 23.3 Å². The van der Waals surface area contributed by atoms with Crippen molar-refractivity contribution in [1.82, 2.24) is 20.2 Å². The van der Waals surface area contributed by atoms with E-state index in [0.29, 0.717) is 18.7 Å². The first kappa shape index (κ1) is 11.5. The monoisotopic (exact) mass is 245 g/mol. The fourth-order valence-corrected chi connectivity index (χ4v) is 3.84. The number of sulfone groups is 1. The normalized spacial score (nSPS) is 25.8. The molecule has 1 aromatic heterocycles. The average Bonchev–Trinajstić information content (AvgIpc) is 2.72. The maximum atomic E-state index is 11.3. The maximum Gasteiger partial charge on any atom is 0.176 e. The molecular formula is C8H15N5O2S. The van der Waals surface area contributed by atoms with E-state index in [-0.39, 0.29) is 23.5 Å². The van der Waals surface area contributed by atoms with Crippen LogP contribution >= 0.6 is 0 Å². The summed E-state index contributed by atoms with van der Waals surface area (Å²) in [5.41, 5.74) is 5.96. The molecule has 0 radical (unpaired) electrons. The van der Waals surface area contributed by atoms with E-state index >= 15 is 0 Å². The molecule has 2 unspecified atom stereocenters. The molecule has 2 N–H and O–H groups in total. The second-order valence-electron chi connectivity index (χ2n) is 4.23. The van der Waals surface area contributed by atoms with E-state index in [9.17, 15) is 8.42 Å². The third kappa shape index (κ3) is 2.56. The molecule has 2 atom stereocenters. The molecule has 1 aliphatic heterocycles. The number of rotatable bonds is 3. The summed E-state index contributed by atoms with van der Waals surface area (Å²) in [6.07, 6.45) is 1.12. The molecule has 8 heteroatoms. The van der Waals surface area contributed by atoms with Gasteiger partial charge >= 0.3 is 0 Å². The molecule has 1 aromatic rings. The summed E-state index contributed by atoms with van der Waals surface area (Å²) in [5, 5.41) is 11.6. The first-order chi connectivity index (χ1) is 7.46. The highest BCUT2D eigenvalue weighted by atomic mass is 32.2. The van der Waals surface area contributed by atoms with Crippen LogP contribution in [0.15, 0.2) is 0 Å². The molecule has 2 rings (SSSR count). The van der Waals surface area contributed by atoms with Gasteiger partial charge in [0.1, 0.15) is 0 Å². The van der Waals surface area contributed by atoms with Gasteiger partial charge in [0.05, 0.1) is 18.6 Å². The molecule has 1 saturated heterocycles. The third-order valence-electron chi connectivity index (χ3n) is 2.84. The molecule has 0 spiro atoms. The second kappa shape index (κ2) is 4.10. The van der Waals surface area contributed by atoms with Crippen LogP contribution in [-0.4, -0.2) is 46.2 Å². The zero-order valence-corrected chi connectivity index (χ0v) is 9.89. The summed E-state index contributed by atoms with van der Waals surface area (Å²) in [5.74, 6) is 1.03. The molecule has 0 amide bonds. The lowest BCUT2D eigenvalue weighted by atomic mass is 9.97. The van der Waals surface area contributed by atoms with E-state index in [0.717, 1.165) is 0 Å². The van der Waals surface area contributed by atoms with Crippen molar-refractivity contribution in [2.45, 2.75) is 18.9 Å². The highest BCUT2D eigenvalue weighted by Gasteiger charge is 2.32. The largest absolute Gasteiger partial charge is 0.327 e. The fraction of sp³-hybridized carbons (Fsp3) is 0.875. The number of nitrogens with two attached hydrogens (primary N) is 1. The summed E-state index contributed by atoms with van der Waals surface area (Å²) in [4.78, 5) is 1.37. The lowest BCUT2D eigenvalue weighted by Crippen LogP contribution is -2.33. The number of hydrogen-bond donors (Lipinski definition) is 1. The van der Waals surface area contributed by atoms with Gasteiger partial charge in [-0.05, 0) is 17.6 Å². The smallest absolute Gasteiger partial charge is 0.176 e. The number of hydrogen-bond acceptors (Lipinski definition) is 6. The van der Waals surface area contributed by atoms with Crippen molar-refractivity contribution < 1.29 is 8.42 Å². The Hall–Kier alpha value is -1.02. The van der Waals surface area contributed by atoms with Crippen molar-refractivity contribution >= 4 is 9.84 Å². The zero-order chi connectivity index (χ0) is 11.8. The Morgan fingerprint density at radius 2 is 2.38 bits per heavy atom. The summed E-state index contributed by atoms with van der Waals surface area (Å²) in [7, 11) is -1.19. The van der Waals surface area contributed by atoms with Crippen LogP contribution < -0.4 is 5.73 Å². The van der Waals surface area contributed by atoms with Crippen LogP contribution in [0.3, 0.4) is 0 Å². The van der Waals surface area contributed by atoms with Crippen molar-refractivity contribution in [3.8, 4) is 0 Å². The van der Waals surface area contributed by atoms with Gasteiger partial charge in [-0.15, -0.1) is 10.2 Å². The van der Waals surface area contributed by atoms with Gasteiger partial charge in [-0.1, -0.05) is 0 Å². The van der Waals surface area contributed by atoms with E-state index in [2.05, 4.69) is 15.4 Å². The Kier molecular flexibility index (Phi) is 2.94. The van der Waals surface area contributed by atoms with Crippen molar-refractivity contribution in [3.63, 3.8) is 0 Å². The first-order valence-corrected chi connectivity index (χ1v) is 6.97. The third-order valence-corrected chi connectivity index (χ3v) is 4.63. The molecule has 7 nitrogen and oxygen atoms in total. The van der Waals surface area contributed by atoms with Crippen LogP contribution in [0, 0.1) is 5.92 Å². The van der Waals surface area contributed by atoms with Gasteiger partial charge in [0, 0.05) is 12.5 Å². The van der Waals surface area contributed by atoms with Crippen LogP contribution in [0.4, 0.5) is 0 Å². The summed E-state index contributed by atoms with van der Waals surface area (Å²) in [6.45, 7) is 0. The van der Waals surface area contributed by atoms with Crippen LogP contribution in [0.1, 0.15) is 12.2 Å². The van der Waals surface area contributed by atoms with E-state index < -0.39 is 9.84 Å². The Labute approximate surface area is 93.9 Å². The van der Waals surface area contributed by atoms with Gasteiger partial charge in [-0.2, -0.15) is 4.80 Å². The van der Waals surface area contributed by atoms with E-state index in [4.69, 9.17) is 5.73 Å². The van der Waals surface area contributed by atoms with E-state index in [1.807, 2.05) is 0 Å². The quantitative estimate of drug-likeness (QED) is 0.696. The van der Waals surface area contributed by atoms with Crippen molar-refractivity contribution in [1.29, 1.82) is 0 Å². The molecule has 0 aromatic carbocycles. The predicted molar refractivity (Wildman–Crippen MR) is 57.2 cm³/mol. The first-order valence-electron chi connectivity index (χ1n) is 5.15. The van der Waals surface area contributed by atoms with Gasteiger partial charge in [0.25, 0.3) is 0 Å². The van der Waals surface area contributed by atoms with Crippen LogP contribution in [0.2, 0.25) is 0 Å². The molecule has 0 aliphatic carbocycles. The summed E-state index contributed by atoms with van der Waals surface area (Å²) in [6, 6.07) is -0.207. The molecule has 0 saturated carbocycles. The number of aryl methyl sites for hydroxylation is 1. The molecular weight excluding hydrogens is 230 g/mol. The highest BCUT2D eigenvalue weighted by Crippen LogP contribution is 2.21. The lowest BCUT2D eigenvalue weighted by Gasteiger charge is -2.15. The Morgan fingerprint density at radius 1 is 1.62 bits per heavy atom. The fourth-order valence-electron chi connectivity index (χ4n) is 1.94. The Bertz CT molecular complexity index is 469. The molecule has 90 valence electrons. The van der Waals surface area contributed by atoms with Gasteiger partial charge in [0.15, 0.2) is 15.7 Å². The van der Waals surface area contributed by atoms with Crippen molar-refractivity contribution in [3.05, 3.63) is 5.82 Å². The van der Waals surface area contributed by atoms with E-state index in [1.54, 1.807) is 7.05 Å².